The van der Waals surface area contributed by atoms with Crippen LogP contribution in [0, 0.1) is 5.82 Å². The van der Waals surface area contributed by atoms with Gasteiger partial charge in [-0.3, -0.25) is 4.98 Å². The number of hydrogen-bond donors (Lipinski definition) is 0. The Bertz CT molecular complexity index is 1150. The molecule has 3 rings (SSSR count). The molecule has 0 radical (unpaired) electrons. The summed E-state index contributed by atoms with van der Waals surface area (Å²) < 4.78 is 20.6. The first-order valence-corrected chi connectivity index (χ1v) is 13.6. The van der Waals surface area contributed by atoms with Gasteiger partial charge in [0.25, 0.3) is 0 Å². The molecule has 1 aromatic carbocycles. The Kier molecular flexibility index (Phi) is 13.1. The maximum absolute atomic E-state index is 13.4. The van der Waals surface area contributed by atoms with Crippen molar-refractivity contribution in [3.05, 3.63) is 59.8 Å². The van der Waals surface area contributed by atoms with Crippen molar-refractivity contribution in [1.82, 2.24) is 14.8 Å². The third-order valence-electron chi connectivity index (χ3n) is 4.74. The smallest absolute Gasteiger partial charge is 0.545 e. The zero-order chi connectivity index (χ0) is 23.5. The molecular formula is C22H22FK2N3O5Si. The van der Waals surface area contributed by atoms with E-state index in [1.54, 1.807) is 6.20 Å². The van der Waals surface area contributed by atoms with Crippen LogP contribution in [0.3, 0.4) is 0 Å². The van der Waals surface area contributed by atoms with Gasteiger partial charge in [0.05, 0.1) is 17.6 Å². The number of aromatic carboxylic acids is 2. The largest absolute Gasteiger partial charge is 1.00 e. The monoisotopic (exact) mass is 533 g/mol. The number of hydrogen-bond acceptors (Lipinski definition) is 7. The molecule has 0 aliphatic rings. The average molecular weight is 534 g/mol. The van der Waals surface area contributed by atoms with Crippen LogP contribution in [0.15, 0.2) is 42.7 Å². The quantitative estimate of drug-likeness (QED) is 0.202. The minimum absolute atomic E-state index is 0. The van der Waals surface area contributed by atoms with Gasteiger partial charge in [0.15, 0.2) is 0 Å². The summed E-state index contributed by atoms with van der Waals surface area (Å²) in [6, 6.07) is 7.81. The minimum Gasteiger partial charge on any atom is -0.545 e. The van der Waals surface area contributed by atoms with Crippen LogP contribution in [0.4, 0.5) is 4.39 Å². The molecule has 0 N–H and O–H groups in total. The van der Waals surface area contributed by atoms with Crippen molar-refractivity contribution in [3.8, 4) is 22.4 Å². The molecule has 168 valence electrons. The first-order chi connectivity index (χ1) is 15.1. The number of nitrogens with zero attached hydrogens (tertiary/aromatic N) is 3. The van der Waals surface area contributed by atoms with Gasteiger partial charge in [0, 0.05) is 43.8 Å². The minimum atomic E-state index is -1.74. The van der Waals surface area contributed by atoms with E-state index in [1.807, 2.05) is 0 Å². The van der Waals surface area contributed by atoms with Gasteiger partial charge in [-0.05, 0) is 41.9 Å². The third-order valence-corrected chi connectivity index (χ3v) is 6.44. The molecular weight excluding hydrogens is 512 g/mol. The fraction of sp³-hybridized carbons (Fsp3) is 0.273. The summed E-state index contributed by atoms with van der Waals surface area (Å²) in [6.07, 6.45) is 2.72. The molecule has 0 fully saturated rings. The molecule has 0 saturated heterocycles. The molecule has 0 aliphatic heterocycles. The molecule has 0 amide bonds. The molecule has 0 unspecified atom stereocenters. The van der Waals surface area contributed by atoms with Crippen molar-refractivity contribution in [2.45, 2.75) is 32.4 Å². The summed E-state index contributed by atoms with van der Waals surface area (Å²) in [5.41, 5.74) is -0.154. The third kappa shape index (κ3) is 8.49. The maximum Gasteiger partial charge on any atom is 1.00 e. The number of pyridine rings is 1. The second-order valence-corrected chi connectivity index (χ2v) is 14.1. The Morgan fingerprint density at radius 1 is 1.03 bits per heavy atom. The van der Waals surface area contributed by atoms with Crippen LogP contribution in [-0.2, 0) is 11.5 Å². The Morgan fingerprint density at radius 3 is 2.24 bits per heavy atom. The van der Waals surface area contributed by atoms with Gasteiger partial charge in [0.2, 0.25) is 0 Å². The normalized spacial score (nSPS) is 10.8. The van der Waals surface area contributed by atoms with E-state index in [2.05, 4.69) is 29.7 Å². The topological polar surface area (TPSA) is 120 Å². The van der Waals surface area contributed by atoms with E-state index in [0.717, 1.165) is 6.04 Å². The second-order valence-electron chi connectivity index (χ2n) is 8.44. The molecule has 34 heavy (non-hydrogen) atoms. The molecule has 2 aromatic heterocycles. The van der Waals surface area contributed by atoms with E-state index in [1.165, 1.54) is 41.2 Å². The summed E-state index contributed by atoms with van der Waals surface area (Å²) in [5, 5.41) is 27.7. The van der Waals surface area contributed by atoms with Crippen LogP contribution in [0.5, 0.6) is 0 Å². The molecule has 0 atom stereocenters. The predicted octanol–water partition coefficient (Wildman–Crippen LogP) is -4.20. The average Bonchev–Trinajstić information content (AvgIpc) is 3.14. The molecule has 2 heterocycles. The number of carboxylic acid groups (broad SMARTS) is 2. The number of aromatic nitrogens is 3. The van der Waals surface area contributed by atoms with Crippen LogP contribution in [0.1, 0.15) is 20.8 Å². The van der Waals surface area contributed by atoms with Crippen LogP contribution in [0.2, 0.25) is 25.7 Å². The van der Waals surface area contributed by atoms with Crippen LogP contribution >= 0.6 is 0 Å². The van der Waals surface area contributed by atoms with Gasteiger partial charge in [-0.15, -0.1) is 0 Å². The predicted molar refractivity (Wildman–Crippen MR) is 114 cm³/mol. The number of halogens is 1. The molecule has 0 aliphatic carbocycles. The zero-order valence-corrected chi connectivity index (χ0v) is 27.2. The number of ether oxygens (including phenoxy) is 1. The van der Waals surface area contributed by atoms with Gasteiger partial charge in [-0.25, -0.2) is 9.07 Å². The molecule has 12 heteroatoms. The Morgan fingerprint density at radius 2 is 1.68 bits per heavy atom. The maximum atomic E-state index is 13.4. The molecule has 8 nitrogen and oxygen atoms in total. The number of carbonyl (C=O) groups is 2. The van der Waals surface area contributed by atoms with E-state index < -0.39 is 37.1 Å². The van der Waals surface area contributed by atoms with Crippen LogP contribution < -0.4 is 113 Å². The summed E-state index contributed by atoms with van der Waals surface area (Å²) >= 11 is 0. The standard InChI is InChI=1S/C22H24FN3O5Si.2K/c1-32(2,3)11-10-31-13-26-12-17(19(25-26)14-4-6-15(23)7-5-14)16-8-9-24-20(22(29)30)18(16)21(27)28;;/h4-9,12H,10-11,13H2,1-3H3,(H,27,28)(H,29,30);;/q;2*+1/p-2. The van der Waals surface area contributed by atoms with E-state index in [9.17, 15) is 24.2 Å². The Labute approximate surface area is 283 Å². The van der Waals surface area contributed by atoms with E-state index in [-0.39, 0.29) is 115 Å². The molecule has 0 spiro atoms. The van der Waals surface area contributed by atoms with Crippen molar-refractivity contribution >= 4 is 20.0 Å². The fourth-order valence-corrected chi connectivity index (χ4v) is 3.85. The Hall–Kier alpha value is -0.100. The van der Waals surface area contributed by atoms with E-state index in [4.69, 9.17) is 4.74 Å². The van der Waals surface area contributed by atoms with Crippen molar-refractivity contribution in [3.63, 3.8) is 0 Å². The summed E-state index contributed by atoms with van der Waals surface area (Å²) in [5.74, 6) is -3.89. The molecule has 3 aromatic rings. The van der Waals surface area contributed by atoms with Crippen LogP contribution in [0.25, 0.3) is 22.4 Å². The van der Waals surface area contributed by atoms with Crippen molar-refractivity contribution in [1.29, 1.82) is 0 Å². The second kappa shape index (κ2) is 14.0. The van der Waals surface area contributed by atoms with Gasteiger partial charge < -0.3 is 24.5 Å². The first kappa shape index (κ1) is 31.9. The van der Waals surface area contributed by atoms with Gasteiger partial charge in [-0.1, -0.05) is 19.6 Å². The van der Waals surface area contributed by atoms with Gasteiger partial charge in [0.1, 0.15) is 18.2 Å². The fourth-order valence-electron chi connectivity index (χ4n) is 3.09. The van der Waals surface area contributed by atoms with Crippen molar-refractivity contribution < 1.29 is 132 Å². The number of benzene rings is 1. The van der Waals surface area contributed by atoms with Gasteiger partial charge in [-0.2, -0.15) is 5.10 Å². The molecule has 0 saturated carbocycles. The van der Waals surface area contributed by atoms with Gasteiger partial charge >= 0.3 is 103 Å². The number of carboxylic acids is 2. The SMILES string of the molecule is C[Si](C)(C)CCOCn1cc(-c2ccnc(C(=O)[O-])c2C(=O)[O-])c(-c2ccc(F)cc2)n1.[K+].[K+]. The van der Waals surface area contributed by atoms with Crippen LogP contribution in [-0.4, -0.2) is 41.4 Å². The molecule has 0 bridgehead atoms. The van der Waals surface area contributed by atoms with E-state index >= 15 is 0 Å². The Balaban J connectivity index is 0.00000289. The van der Waals surface area contributed by atoms with Crippen molar-refractivity contribution in [2.24, 2.45) is 0 Å². The number of rotatable bonds is 9. The zero-order valence-electron chi connectivity index (χ0n) is 19.9. The summed E-state index contributed by atoms with van der Waals surface area (Å²) in [6.45, 7) is 7.35. The van der Waals surface area contributed by atoms with Crippen molar-refractivity contribution in [2.75, 3.05) is 6.61 Å². The van der Waals surface area contributed by atoms with E-state index in [0.29, 0.717) is 23.4 Å². The first-order valence-electron chi connectivity index (χ1n) is 9.90. The summed E-state index contributed by atoms with van der Waals surface area (Å²) in [7, 11) is -1.28. The summed E-state index contributed by atoms with van der Waals surface area (Å²) in [4.78, 5) is 26.8. The number of carbonyl (C=O) groups excluding carboxylic acids is 2.